The zero-order valence-electron chi connectivity index (χ0n) is 18.7. The van der Waals surface area contributed by atoms with Crippen LogP contribution in [-0.4, -0.2) is 59.1 Å². The number of nitrogens with zero attached hydrogens (tertiary/aromatic N) is 4. The molecular formula is C25H24ClN5O3. The maximum Gasteiger partial charge on any atom is 0.338 e. The van der Waals surface area contributed by atoms with Crippen molar-refractivity contribution < 1.29 is 14.3 Å². The lowest BCUT2D eigenvalue weighted by atomic mass is 10.2. The van der Waals surface area contributed by atoms with E-state index in [9.17, 15) is 9.59 Å². The van der Waals surface area contributed by atoms with E-state index in [1.54, 1.807) is 36.1 Å². The lowest BCUT2D eigenvalue weighted by Gasteiger charge is -2.35. The Balaban J connectivity index is 1.29. The SMILES string of the molecule is CCOC(=O)c1cccc(NC(=O)N2CCN(c3nc4cc(Cl)ccc4n4cccc34)CC2)c1. The number of aromatic nitrogens is 2. The standard InChI is InChI=1S/C25H24ClN5O3/c1-2-34-24(32)17-5-3-6-19(15-17)27-25(33)30-13-11-29(12-14-30)23-22-7-4-10-31(22)21-9-8-18(26)16-20(21)28-23/h3-10,15-16H,2,11-14H2,1H3,(H,27,33). The topological polar surface area (TPSA) is 79.2 Å². The van der Waals surface area contributed by atoms with Gasteiger partial charge in [0.15, 0.2) is 5.82 Å². The average molecular weight is 478 g/mol. The van der Waals surface area contributed by atoms with Crippen LogP contribution < -0.4 is 10.2 Å². The summed E-state index contributed by atoms with van der Waals surface area (Å²) in [6.07, 6.45) is 2.02. The lowest BCUT2D eigenvalue weighted by Crippen LogP contribution is -2.50. The van der Waals surface area contributed by atoms with Gasteiger partial charge in [0.05, 0.1) is 28.7 Å². The van der Waals surface area contributed by atoms with Gasteiger partial charge in [-0.2, -0.15) is 0 Å². The summed E-state index contributed by atoms with van der Waals surface area (Å²) in [7, 11) is 0. The number of benzene rings is 2. The number of amides is 2. The smallest absolute Gasteiger partial charge is 0.338 e. The minimum absolute atomic E-state index is 0.202. The molecular weight excluding hydrogens is 454 g/mol. The highest BCUT2D eigenvalue weighted by atomic mass is 35.5. The number of hydrogen-bond donors (Lipinski definition) is 1. The molecule has 1 aliphatic heterocycles. The van der Waals surface area contributed by atoms with E-state index in [1.807, 2.05) is 36.5 Å². The zero-order chi connectivity index (χ0) is 23.7. The summed E-state index contributed by atoms with van der Waals surface area (Å²) in [5.74, 6) is 0.468. The summed E-state index contributed by atoms with van der Waals surface area (Å²) >= 11 is 6.21. The van der Waals surface area contributed by atoms with Gasteiger partial charge in [0.25, 0.3) is 0 Å². The van der Waals surface area contributed by atoms with Gasteiger partial charge in [0.1, 0.15) is 0 Å². The number of rotatable bonds is 4. The van der Waals surface area contributed by atoms with Gasteiger partial charge in [-0.05, 0) is 55.5 Å². The van der Waals surface area contributed by atoms with Gasteiger partial charge in [-0.15, -0.1) is 0 Å². The highest BCUT2D eigenvalue weighted by Gasteiger charge is 2.24. The number of carbonyl (C=O) groups excluding carboxylic acids is 2. The van der Waals surface area contributed by atoms with Crippen molar-refractivity contribution in [3.05, 3.63) is 71.4 Å². The molecule has 2 aromatic carbocycles. The fourth-order valence-electron chi connectivity index (χ4n) is 4.23. The largest absolute Gasteiger partial charge is 0.462 e. The predicted octanol–water partition coefficient (Wildman–Crippen LogP) is 4.67. The van der Waals surface area contributed by atoms with Gasteiger partial charge in [-0.25, -0.2) is 14.6 Å². The van der Waals surface area contributed by atoms with Gasteiger partial charge in [-0.1, -0.05) is 17.7 Å². The first-order chi connectivity index (χ1) is 16.5. The third-order valence-electron chi connectivity index (χ3n) is 5.89. The fraction of sp³-hybridized carbons (Fsp3) is 0.240. The highest BCUT2D eigenvalue weighted by Crippen LogP contribution is 2.28. The van der Waals surface area contributed by atoms with Crippen LogP contribution in [0.5, 0.6) is 0 Å². The number of piperazine rings is 1. The van der Waals surface area contributed by atoms with Crippen LogP contribution >= 0.6 is 11.6 Å². The van der Waals surface area contributed by atoms with E-state index in [0.717, 1.165) is 22.4 Å². The molecule has 3 heterocycles. The second-order valence-corrected chi connectivity index (χ2v) is 8.47. The Bertz CT molecular complexity index is 1380. The van der Waals surface area contributed by atoms with Crippen LogP contribution in [0.1, 0.15) is 17.3 Å². The molecule has 0 radical (unpaired) electrons. The number of fused-ring (bicyclic) bond motifs is 3. The van der Waals surface area contributed by atoms with Crippen molar-refractivity contribution in [2.24, 2.45) is 0 Å². The van der Waals surface area contributed by atoms with Crippen LogP contribution in [0.25, 0.3) is 16.6 Å². The zero-order valence-corrected chi connectivity index (χ0v) is 19.5. The average Bonchev–Trinajstić information content (AvgIpc) is 3.34. The Hall–Kier alpha value is -3.78. The van der Waals surface area contributed by atoms with E-state index >= 15 is 0 Å². The van der Waals surface area contributed by atoms with Crippen LogP contribution in [0, 0.1) is 0 Å². The van der Waals surface area contributed by atoms with E-state index in [2.05, 4.69) is 14.6 Å². The minimum atomic E-state index is -0.409. The molecule has 4 aromatic rings. The first kappa shape index (κ1) is 22.0. The van der Waals surface area contributed by atoms with Gasteiger partial charge >= 0.3 is 12.0 Å². The second kappa shape index (κ2) is 9.23. The summed E-state index contributed by atoms with van der Waals surface area (Å²) in [4.78, 5) is 33.7. The molecule has 0 saturated carbocycles. The van der Waals surface area contributed by atoms with E-state index in [1.165, 1.54) is 0 Å². The summed E-state index contributed by atoms with van der Waals surface area (Å²) in [6, 6.07) is 16.3. The Kier molecular flexibility index (Phi) is 5.98. The third-order valence-corrected chi connectivity index (χ3v) is 6.13. The summed E-state index contributed by atoms with van der Waals surface area (Å²) < 4.78 is 7.15. The molecule has 2 amide bonds. The number of ether oxygens (including phenoxy) is 1. The van der Waals surface area contributed by atoms with E-state index in [0.29, 0.717) is 49.1 Å². The van der Waals surface area contributed by atoms with Crippen LogP contribution in [-0.2, 0) is 4.74 Å². The maximum atomic E-state index is 12.8. The molecule has 5 rings (SSSR count). The van der Waals surface area contributed by atoms with Crippen molar-refractivity contribution in [2.75, 3.05) is 43.0 Å². The molecule has 0 spiro atoms. The minimum Gasteiger partial charge on any atom is -0.462 e. The highest BCUT2D eigenvalue weighted by molar-refractivity contribution is 6.31. The van der Waals surface area contributed by atoms with E-state index in [4.69, 9.17) is 21.3 Å². The molecule has 1 aliphatic rings. The number of urea groups is 1. The Morgan fingerprint density at radius 3 is 2.65 bits per heavy atom. The number of anilines is 2. The van der Waals surface area contributed by atoms with Gasteiger partial charge < -0.3 is 24.3 Å². The molecule has 1 fully saturated rings. The summed E-state index contributed by atoms with van der Waals surface area (Å²) in [5, 5.41) is 3.53. The lowest BCUT2D eigenvalue weighted by molar-refractivity contribution is 0.0526. The van der Waals surface area contributed by atoms with E-state index in [-0.39, 0.29) is 6.03 Å². The normalized spacial score (nSPS) is 13.9. The summed E-state index contributed by atoms with van der Waals surface area (Å²) in [5.41, 5.74) is 3.80. The first-order valence-electron chi connectivity index (χ1n) is 11.2. The number of hydrogen-bond acceptors (Lipinski definition) is 5. The van der Waals surface area contributed by atoms with Crippen molar-refractivity contribution in [1.29, 1.82) is 0 Å². The molecule has 0 atom stereocenters. The number of carbonyl (C=O) groups is 2. The molecule has 1 saturated heterocycles. The van der Waals surface area contributed by atoms with Gasteiger partial charge in [0.2, 0.25) is 0 Å². The molecule has 9 heteroatoms. The Labute approximate surface area is 201 Å². The van der Waals surface area contributed by atoms with Crippen LogP contribution in [0.3, 0.4) is 0 Å². The van der Waals surface area contributed by atoms with Crippen LogP contribution in [0.15, 0.2) is 60.8 Å². The Morgan fingerprint density at radius 1 is 1.03 bits per heavy atom. The van der Waals surface area contributed by atoms with Gasteiger partial charge in [-0.3, -0.25) is 0 Å². The predicted molar refractivity (Wildman–Crippen MR) is 133 cm³/mol. The van der Waals surface area contributed by atoms with Crippen molar-refractivity contribution >= 4 is 51.7 Å². The van der Waals surface area contributed by atoms with Crippen molar-refractivity contribution in [3.63, 3.8) is 0 Å². The molecule has 1 N–H and O–H groups in total. The van der Waals surface area contributed by atoms with Gasteiger partial charge in [0, 0.05) is 43.1 Å². The molecule has 0 bridgehead atoms. The maximum absolute atomic E-state index is 12.8. The van der Waals surface area contributed by atoms with Crippen molar-refractivity contribution in [3.8, 4) is 0 Å². The fourth-order valence-corrected chi connectivity index (χ4v) is 4.40. The molecule has 174 valence electrons. The van der Waals surface area contributed by atoms with Crippen molar-refractivity contribution in [2.45, 2.75) is 6.92 Å². The van der Waals surface area contributed by atoms with Crippen molar-refractivity contribution in [1.82, 2.24) is 14.3 Å². The molecule has 0 aliphatic carbocycles. The third kappa shape index (κ3) is 4.24. The molecule has 2 aromatic heterocycles. The van der Waals surface area contributed by atoms with E-state index < -0.39 is 5.97 Å². The first-order valence-corrected chi connectivity index (χ1v) is 11.6. The monoisotopic (exact) mass is 477 g/mol. The number of halogens is 1. The number of nitrogens with one attached hydrogen (secondary N) is 1. The summed E-state index contributed by atoms with van der Waals surface area (Å²) in [6.45, 7) is 4.45. The second-order valence-electron chi connectivity index (χ2n) is 8.04. The molecule has 8 nitrogen and oxygen atoms in total. The van der Waals surface area contributed by atoms with Crippen LogP contribution in [0.2, 0.25) is 5.02 Å². The molecule has 34 heavy (non-hydrogen) atoms. The number of esters is 1. The quantitative estimate of drug-likeness (QED) is 0.432. The molecule has 0 unspecified atom stereocenters. The Morgan fingerprint density at radius 2 is 1.85 bits per heavy atom. The van der Waals surface area contributed by atoms with Crippen LogP contribution in [0.4, 0.5) is 16.3 Å².